The van der Waals surface area contributed by atoms with E-state index in [0.717, 1.165) is 18.7 Å². The van der Waals surface area contributed by atoms with Gasteiger partial charge in [-0.3, -0.25) is 0 Å². The number of hydrogen-bond donors (Lipinski definition) is 0. The zero-order valence-corrected chi connectivity index (χ0v) is 10.8. The minimum atomic E-state index is 0.524. The van der Waals surface area contributed by atoms with Crippen molar-refractivity contribution in [2.24, 2.45) is 5.92 Å². The van der Waals surface area contributed by atoms with Crippen molar-refractivity contribution >= 4 is 17.3 Å². The maximum Gasteiger partial charge on any atom is 0.103 e. The fourth-order valence-electron chi connectivity index (χ4n) is 1.64. The van der Waals surface area contributed by atoms with E-state index in [9.17, 15) is 0 Å². The van der Waals surface area contributed by atoms with Gasteiger partial charge in [0, 0.05) is 13.6 Å². The molecular formula is C13H17ClN2. The first-order valence-corrected chi connectivity index (χ1v) is 5.87. The molecule has 86 valence electrons. The Balaban J connectivity index is 2.96. The molecule has 0 radical (unpaired) electrons. The van der Waals surface area contributed by atoms with Gasteiger partial charge in [-0.1, -0.05) is 37.9 Å². The topological polar surface area (TPSA) is 27.0 Å². The molecule has 2 nitrogen and oxygen atoms in total. The zero-order valence-electron chi connectivity index (χ0n) is 10.00. The molecule has 0 amide bonds. The summed E-state index contributed by atoms with van der Waals surface area (Å²) in [6.45, 7) is 5.31. The number of hydrogen-bond acceptors (Lipinski definition) is 2. The van der Waals surface area contributed by atoms with Crippen LogP contribution >= 0.6 is 11.6 Å². The van der Waals surface area contributed by atoms with Crippen LogP contribution in [0.1, 0.15) is 25.8 Å². The van der Waals surface area contributed by atoms with Crippen LogP contribution in [0.15, 0.2) is 18.2 Å². The van der Waals surface area contributed by atoms with Crippen molar-refractivity contribution in [1.82, 2.24) is 0 Å². The summed E-state index contributed by atoms with van der Waals surface area (Å²) >= 11 is 5.99. The molecule has 1 aromatic rings. The zero-order chi connectivity index (χ0) is 12.1. The number of nitriles is 1. The minimum Gasteiger partial charge on any atom is -0.373 e. The number of anilines is 1. The first kappa shape index (κ1) is 12.9. The second kappa shape index (κ2) is 5.77. The maximum absolute atomic E-state index is 9.08. The molecule has 16 heavy (non-hydrogen) atoms. The van der Waals surface area contributed by atoms with Crippen molar-refractivity contribution in [3.63, 3.8) is 0 Å². The standard InChI is InChI=1S/C13H17ClN2/c1-4-10(2)9-16(3)13-7-5-6-12(14)11(13)8-15/h5-7,10H,4,9H2,1-3H3. The largest absolute Gasteiger partial charge is 0.373 e. The predicted octanol–water partition coefficient (Wildman–Crippen LogP) is 3.69. The van der Waals surface area contributed by atoms with Gasteiger partial charge in [0.05, 0.1) is 16.3 Å². The highest BCUT2D eigenvalue weighted by Crippen LogP contribution is 2.26. The normalized spacial score (nSPS) is 11.9. The Labute approximate surface area is 102 Å². The fourth-order valence-corrected chi connectivity index (χ4v) is 1.85. The van der Waals surface area contributed by atoms with Crippen molar-refractivity contribution < 1.29 is 0 Å². The van der Waals surface area contributed by atoms with E-state index in [4.69, 9.17) is 16.9 Å². The third kappa shape index (κ3) is 2.90. The Kier molecular flexibility index (Phi) is 4.64. The van der Waals surface area contributed by atoms with Crippen molar-refractivity contribution in [2.75, 3.05) is 18.5 Å². The molecule has 0 fully saturated rings. The SMILES string of the molecule is CCC(C)CN(C)c1cccc(Cl)c1C#N. The molecule has 0 spiro atoms. The molecule has 0 saturated heterocycles. The summed E-state index contributed by atoms with van der Waals surface area (Å²) in [5.74, 6) is 0.607. The molecule has 1 rings (SSSR count). The van der Waals surface area contributed by atoms with Crippen LogP contribution in [-0.4, -0.2) is 13.6 Å². The lowest BCUT2D eigenvalue weighted by Gasteiger charge is -2.24. The molecule has 0 aromatic heterocycles. The first-order valence-electron chi connectivity index (χ1n) is 5.49. The van der Waals surface area contributed by atoms with Gasteiger partial charge in [0.2, 0.25) is 0 Å². The molecule has 0 bridgehead atoms. The molecule has 0 heterocycles. The molecule has 1 unspecified atom stereocenters. The van der Waals surface area contributed by atoms with E-state index in [1.807, 2.05) is 19.2 Å². The van der Waals surface area contributed by atoms with Gasteiger partial charge in [-0.2, -0.15) is 5.26 Å². The first-order chi connectivity index (χ1) is 7.60. The number of rotatable bonds is 4. The number of halogens is 1. The Morgan fingerprint density at radius 2 is 2.19 bits per heavy atom. The van der Waals surface area contributed by atoms with Gasteiger partial charge in [0.1, 0.15) is 6.07 Å². The van der Waals surface area contributed by atoms with Gasteiger partial charge in [0.15, 0.2) is 0 Å². The third-order valence-electron chi connectivity index (χ3n) is 2.80. The van der Waals surface area contributed by atoms with Crippen molar-refractivity contribution in [2.45, 2.75) is 20.3 Å². The van der Waals surface area contributed by atoms with Gasteiger partial charge in [-0.05, 0) is 18.1 Å². The highest BCUT2D eigenvalue weighted by molar-refractivity contribution is 6.32. The highest BCUT2D eigenvalue weighted by atomic mass is 35.5. The van der Waals surface area contributed by atoms with Crippen LogP contribution in [0.5, 0.6) is 0 Å². The van der Waals surface area contributed by atoms with Crippen molar-refractivity contribution in [3.8, 4) is 6.07 Å². The molecule has 0 aliphatic heterocycles. The summed E-state index contributed by atoms with van der Waals surface area (Å²) in [5, 5.41) is 9.60. The second-order valence-electron chi connectivity index (χ2n) is 4.14. The quantitative estimate of drug-likeness (QED) is 0.797. The van der Waals surface area contributed by atoms with E-state index in [-0.39, 0.29) is 0 Å². The highest BCUT2D eigenvalue weighted by Gasteiger charge is 2.12. The number of benzene rings is 1. The van der Waals surface area contributed by atoms with Crippen LogP contribution in [0.25, 0.3) is 0 Å². The van der Waals surface area contributed by atoms with Gasteiger partial charge in [-0.25, -0.2) is 0 Å². The molecule has 1 aromatic carbocycles. The Bertz CT molecular complexity index is 395. The van der Waals surface area contributed by atoms with Crippen LogP contribution in [0.2, 0.25) is 5.02 Å². The minimum absolute atomic E-state index is 0.524. The lowest BCUT2D eigenvalue weighted by molar-refractivity contribution is 0.560. The average molecular weight is 237 g/mol. The van der Waals surface area contributed by atoms with E-state index in [0.29, 0.717) is 16.5 Å². The lowest BCUT2D eigenvalue weighted by Crippen LogP contribution is -2.24. The van der Waals surface area contributed by atoms with Crippen molar-refractivity contribution in [3.05, 3.63) is 28.8 Å². The lowest BCUT2D eigenvalue weighted by atomic mass is 10.1. The van der Waals surface area contributed by atoms with Crippen LogP contribution in [0.3, 0.4) is 0 Å². The van der Waals surface area contributed by atoms with Crippen molar-refractivity contribution in [1.29, 1.82) is 5.26 Å². The molecule has 0 saturated carbocycles. The fraction of sp³-hybridized carbons (Fsp3) is 0.462. The van der Waals surface area contributed by atoms with Crippen LogP contribution in [-0.2, 0) is 0 Å². The summed E-state index contributed by atoms with van der Waals surface area (Å²) in [7, 11) is 2.00. The van der Waals surface area contributed by atoms with Gasteiger partial charge in [-0.15, -0.1) is 0 Å². The molecule has 0 aliphatic rings. The van der Waals surface area contributed by atoms with Crippen LogP contribution < -0.4 is 4.90 Å². The van der Waals surface area contributed by atoms with Crippen LogP contribution in [0, 0.1) is 17.2 Å². The Morgan fingerprint density at radius 3 is 2.75 bits per heavy atom. The van der Waals surface area contributed by atoms with Gasteiger partial charge >= 0.3 is 0 Å². The summed E-state index contributed by atoms with van der Waals surface area (Å²) in [6.07, 6.45) is 1.13. The van der Waals surface area contributed by atoms with E-state index in [1.165, 1.54) is 0 Å². The maximum atomic E-state index is 9.08. The Morgan fingerprint density at radius 1 is 1.50 bits per heavy atom. The van der Waals surface area contributed by atoms with Gasteiger partial charge < -0.3 is 4.90 Å². The van der Waals surface area contributed by atoms with Gasteiger partial charge in [0.25, 0.3) is 0 Å². The molecular weight excluding hydrogens is 220 g/mol. The van der Waals surface area contributed by atoms with E-state index in [1.54, 1.807) is 6.07 Å². The summed E-state index contributed by atoms with van der Waals surface area (Å²) < 4.78 is 0. The molecule has 0 aliphatic carbocycles. The summed E-state index contributed by atoms with van der Waals surface area (Å²) in [5.41, 5.74) is 1.48. The second-order valence-corrected chi connectivity index (χ2v) is 4.55. The predicted molar refractivity (Wildman–Crippen MR) is 68.9 cm³/mol. The van der Waals surface area contributed by atoms with Crippen LogP contribution in [0.4, 0.5) is 5.69 Å². The average Bonchev–Trinajstić information content (AvgIpc) is 2.28. The van der Waals surface area contributed by atoms with E-state index < -0.39 is 0 Å². The Hall–Kier alpha value is -1.20. The van der Waals surface area contributed by atoms with E-state index >= 15 is 0 Å². The monoisotopic (exact) mass is 236 g/mol. The third-order valence-corrected chi connectivity index (χ3v) is 3.11. The molecule has 0 N–H and O–H groups in total. The summed E-state index contributed by atoms with van der Waals surface area (Å²) in [6, 6.07) is 7.73. The summed E-state index contributed by atoms with van der Waals surface area (Å²) in [4.78, 5) is 2.10. The molecule has 1 atom stereocenters. The van der Waals surface area contributed by atoms with E-state index in [2.05, 4.69) is 24.8 Å². The molecule has 3 heteroatoms. The number of nitrogens with zero attached hydrogens (tertiary/aromatic N) is 2. The smallest absolute Gasteiger partial charge is 0.103 e.